The number of hydrogen-bond donors (Lipinski definition) is 0. The highest BCUT2D eigenvalue weighted by molar-refractivity contribution is 8.18. The zero-order valence-corrected chi connectivity index (χ0v) is 13.6. The molecule has 1 atom stereocenters. The molecule has 0 bridgehead atoms. The lowest BCUT2D eigenvalue weighted by molar-refractivity contribution is -0.113. The summed E-state index contributed by atoms with van der Waals surface area (Å²) in [6.07, 6.45) is 4.08. The van der Waals surface area contributed by atoms with E-state index < -0.39 is 0 Å². The Labute approximate surface area is 139 Å². The van der Waals surface area contributed by atoms with Gasteiger partial charge < -0.3 is 4.90 Å². The van der Waals surface area contributed by atoms with E-state index in [1.165, 1.54) is 37.2 Å². The van der Waals surface area contributed by atoms with E-state index in [1.54, 1.807) is 24.3 Å². The summed E-state index contributed by atoms with van der Waals surface area (Å²) in [4.78, 5) is 21.6. The third-order valence-corrected chi connectivity index (χ3v) is 5.70. The lowest BCUT2D eigenvalue weighted by Crippen LogP contribution is -2.51. The molecule has 2 fully saturated rings. The first-order valence-electron chi connectivity index (χ1n) is 7.97. The average molecular weight is 331 g/mol. The number of hydrogen-bond acceptors (Lipinski definition) is 4. The lowest BCUT2D eigenvalue weighted by Gasteiger charge is -2.38. The van der Waals surface area contributed by atoms with Crippen LogP contribution < -0.4 is 0 Å². The van der Waals surface area contributed by atoms with Gasteiger partial charge in [-0.3, -0.25) is 9.69 Å². The van der Waals surface area contributed by atoms with Crippen molar-refractivity contribution in [3.63, 3.8) is 0 Å². The van der Waals surface area contributed by atoms with Crippen molar-refractivity contribution in [2.75, 3.05) is 26.2 Å². The number of piperazine rings is 1. The SMILES string of the molecule is O=C1N=C(N2CCN3CCCC3C2)SC1=Cc1ccccc1F. The molecule has 4 rings (SSSR count). The van der Waals surface area contributed by atoms with Gasteiger partial charge in [-0.1, -0.05) is 18.2 Å². The molecule has 1 unspecified atom stereocenters. The van der Waals surface area contributed by atoms with E-state index >= 15 is 0 Å². The molecule has 4 nitrogen and oxygen atoms in total. The topological polar surface area (TPSA) is 35.9 Å². The Morgan fingerprint density at radius 2 is 2.13 bits per heavy atom. The Kier molecular flexibility index (Phi) is 3.95. The summed E-state index contributed by atoms with van der Waals surface area (Å²) >= 11 is 1.37. The second-order valence-corrected chi connectivity index (χ2v) is 7.12. The summed E-state index contributed by atoms with van der Waals surface area (Å²) in [6, 6.07) is 7.06. The van der Waals surface area contributed by atoms with Gasteiger partial charge in [-0.2, -0.15) is 4.99 Å². The van der Waals surface area contributed by atoms with Crippen LogP contribution in [0.5, 0.6) is 0 Å². The minimum atomic E-state index is -0.318. The first-order chi connectivity index (χ1) is 11.2. The zero-order valence-electron chi connectivity index (χ0n) is 12.7. The largest absolute Gasteiger partial charge is 0.348 e. The number of nitrogens with zero attached hydrogens (tertiary/aromatic N) is 3. The van der Waals surface area contributed by atoms with Crippen molar-refractivity contribution in [1.29, 1.82) is 0 Å². The van der Waals surface area contributed by atoms with Gasteiger partial charge in [-0.25, -0.2) is 4.39 Å². The van der Waals surface area contributed by atoms with Crippen LogP contribution in [0, 0.1) is 5.82 Å². The van der Waals surface area contributed by atoms with Crippen LogP contribution in [0.4, 0.5) is 4.39 Å². The minimum absolute atomic E-state index is 0.262. The summed E-state index contributed by atoms with van der Waals surface area (Å²) in [7, 11) is 0. The summed E-state index contributed by atoms with van der Waals surface area (Å²) < 4.78 is 13.8. The quantitative estimate of drug-likeness (QED) is 0.741. The molecule has 0 N–H and O–H groups in total. The molecule has 0 saturated carbocycles. The standard InChI is InChI=1S/C17H18FN3OS/c18-14-6-2-1-4-12(14)10-15-16(22)19-17(23-15)21-9-8-20-7-3-5-13(20)11-21/h1-2,4,6,10,13H,3,5,7-9,11H2. The molecule has 3 aliphatic rings. The van der Waals surface area contributed by atoms with Gasteiger partial charge in [0.25, 0.3) is 5.91 Å². The number of aliphatic imine (C=N–C) groups is 1. The van der Waals surface area contributed by atoms with Crippen LogP contribution in [-0.2, 0) is 4.79 Å². The normalized spacial score (nSPS) is 26.7. The molecule has 1 amide bonds. The fraction of sp³-hybridized carbons (Fsp3) is 0.412. The molecule has 3 aliphatic heterocycles. The first-order valence-corrected chi connectivity index (χ1v) is 8.78. The van der Waals surface area contributed by atoms with Crippen molar-refractivity contribution >= 4 is 28.9 Å². The summed E-state index contributed by atoms with van der Waals surface area (Å²) in [5.41, 5.74) is 0.431. The highest BCUT2D eigenvalue weighted by Crippen LogP contribution is 2.32. The molecule has 23 heavy (non-hydrogen) atoms. The van der Waals surface area contributed by atoms with Gasteiger partial charge in [0.1, 0.15) is 5.82 Å². The molecule has 2 saturated heterocycles. The molecular weight excluding hydrogens is 313 g/mol. The highest BCUT2D eigenvalue weighted by Gasteiger charge is 2.34. The number of carbonyl (C=O) groups is 1. The predicted molar refractivity (Wildman–Crippen MR) is 90.6 cm³/mol. The van der Waals surface area contributed by atoms with Crippen LogP contribution in [-0.4, -0.2) is 53.1 Å². The monoisotopic (exact) mass is 331 g/mol. The summed E-state index contributed by atoms with van der Waals surface area (Å²) in [6.45, 7) is 4.06. The molecule has 1 aromatic rings. The van der Waals surface area contributed by atoms with Crippen LogP contribution in [0.15, 0.2) is 34.2 Å². The maximum absolute atomic E-state index is 13.8. The van der Waals surface area contributed by atoms with Gasteiger partial charge in [-0.05, 0) is 43.3 Å². The van der Waals surface area contributed by atoms with Gasteiger partial charge >= 0.3 is 0 Å². The Bertz CT molecular complexity index is 703. The Morgan fingerprint density at radius 1 is 1.26 bits per heavy atom. The maximum atomic E-state index is 13.8. The van der Waals surface area contributed by atoms with Crippen molar-refractivity contribution in [1.82, 2.24) is 9.80 Å². The smallest absolute Gasteiger partial charge is 0.286 e. The molecule has 0 aromatic heterocycles. The van der Waals surface area contributed by atoms with Crippen molar-refractivity contribution in [2.24, 2.45) is 4.99 Å². The maximum Gasteiger partial charge on any atom is 0.286 e. The molecule has 0 spiro atoms. The van der Waals surface area contributed by atoms with Crippen molar-refractivity contribution in [2.45, 2.75) is 18.9 Å². The summed E-state index contributed by atoms with van der Waals surface area (Å²) in [5, 5.41) is 0.768. The van der Waals surface area contributed by atoms with E-state index in [0.29, 0.717) is 16.5 Å². The van der Waals surface area contributed by atoms with E-state index in [4.69, 9.17) is 0 Å². The van der Waals surface area contributed by atoms with Crippen LogP contribution >= 0.6 is 11.8 Å². The van der Waals surface area contributed by atoms with Crippen LogP contribution in [0.1, 0.15) is 18.4 Å². The van der Waals surface area contributed by atoms with Crippen LogP contribution in [0.2, 0.25) is 0 Å². The van der Waals surface area contributed by atoms with Crippen molar-refractivity contribution < 1.29 is 9.18 Å². The zero-order chi connectivity index (χ0) is 15.8. The van der Waals surface area contributed by atoms with Crippen molar-refractivity contribution in [3.05, 3.63) is 40.6 Å². The first kappa shape index (κ1) is 14.9. The minimum Gasteiger partial charge on any atom is -0.348 e. The number of amidine groups is 1. The number of amides is 1. The average Bonchev–Trinajstić information content (AvgIpc) is 3.16. The fourth-order valence-corrected chi connectivity index (χ4v) is 4.37. The predicted octanol–water partition coefficient (Wildman–Crippen LogP) is 2.58. The Balaban J connectivity index is 1.49. The molecule has 3 heterocycles. The molecule has 0 radical (unpaired) electrons. The number of rotatable bonds is 1. The van der Waals surface area contributed by atoms with E-state index in [2.05, 4.69) is 14.8 Å². The van der Waals surface area contributed by atoms with E-state index in [-0.39, 0.29) is 11.7 Å². The molecule has 1 aromatic carbocycles. The van der Waals surface area contributed by atoms with E-state index in [9.17, 15) is 9.18 Å². The van der Waals surface area contributed by atoms with E-state index in [1.807, 2.05) is 0 Å². The van der Waals surface area contributed by atoms with Crippen LogP contribution in [0.25, 0.3) is 6.08 Å². The molecule has 6 heteroatoms. The van der Waals surface area contributed by atoms with Gasteiger partial charge in [0.2, 0.25) is 0 Å². The number of halogens is 1. The number of fused-ring (bicyclic) bond motifs is 1. The molecular formula is C17H18FN3OS. The number of thioether (sulfide) groups is 1. The number of benzene rings is 1. The lowest BCUT2D eigenvalue weighted by atomic mass is 10.2. The Morgan fingerprint density at radius 3 is 3.00 bits per heavy atom. The summed E-state index contributed by atoms with van der Waals surface area (Å²) in [5.74, 6) is -0.580. The second kappa shape index (κ2) is 6.09. The number of carbonyl (C=O) groups excluding carboxylic acids is 1. The highest BCUT2D eigenvalue weighted by atomic mass is 32.2. The van der Waals surface area contributed by atoms with Gasteiger partial charge in [-0.15, -0.1) is 0 Å². The third-order valence-electron chi connectivity index (χ3n) is 4.66. The van der Waals surface area contributed by atoms with Crippen molar-refractivity contribution in [3.8, 4) is 0 Å². The Hall–Kier alpha value is -1.66. The van der Waals surface area contributed by atoms with Gasteiger partial charge in [0.15, 0.2) is 5.17 Å². The second-order valence-electron chi connectivity index (χ2n) is 6.11. The third kappa shape index (κ3) is 2.93. The van der Waals surface area contributed by atoms with Gasteiger partial charge in [0, 0.05) is 31.2 Å². The van der Waals surface area contributed by atoms with Crippen LogP contribution in [0.3, 0.4) is 0 Å². The van der Waals surface area contributed by atoms with Gasteiger partial charge in [0.05, 0.1) is 4.91 Å². The fourth-order valence-electron chi connectivity index (χ4n) is 3.43. The van der Waals surface area contributed by atoms with E-state index in [0.717, 1.165) is 24.8 Å². The molecule has 120 valence electrons. The molecule has 0 aliphatic carbocycles.